The summed E-state index contributed by atoms with van der Waals surface area (Å²) in [5.74, 6) is -1.40. The first kappa shape index (κ1) is 22.7. The lowest BCUT2D eigenvalue weighted by molar-refractivity contribution is 0.168. The number of hydrogen-bond acceptors (Lipinski definition) is 5. The lowest BCUT2D eigenvalue weighted by Crippen LogP contribution is -2.23. The van der Waals surface area contributed by atoms with Crippen molar-refractivity contribution in [1.82, 2.24) is 15.3 Å². The number of fused-ring (bicyclic) bond motifs is 3. The summed E-state index contributed by atoms with van der Waals surface area (Å²) in [6.07, 6.45) is 13.2. The van der Waals surface area contributed by atoms with Gasteiger partial charge >= 0.3 is 0 Å². The topological polar surface area (TPSA) is 95.1 Å². The minimum absolute atomic E-state index is 0.0856. The highest BCUT2D eigenvalue weighted by atomic mass is 32.2. The fraction of sp³-hybridized carbons (Fsp3) is 0.350. The second-order valence-electron chi connectivity index (χ2n) is 6.63. The van der Waals surface area contributed by atoms with Gasteiger partial charge in [-0.3, -0.25) is 0 Å². The molecule has 1 aliphatic rings. The van der Waals surface area contributed by atoms with E-state index < -0.39 is 26.4 Å². The molecule has 4 rings (SSSR count). The van der Waals surface area contributed by atoms with E-state index in [0.717, 1.165) is 38.0 Å². The van der Waals surface area contributed by atoms with Gasteiger partial charge in [0.25, 0.3) is 0 Å². The number of benzene rings is 1. The van der Waals surface area contributed by atoms with Crippen molar-refractivity contribution in [2.45, 2.75) is 30.3 Å². The Labute approximate surface area is 168 Å². The van der Waals surface area contributed by atoms with Crippen LogP contribution in [0.5, 0.6) is 0 Å². The molecule has 0 radical (unpaired) electrons. The third-order valence-electron chi connectivity index (χ3n) is 4.39. The van der Waals surface area contributed by atoms with Gasteiger partial charge in [0.05, 0.1) is 12.3 Å². The Hall–Kier alpha value is -2.54. The molecule has 1 saturated heterocycles. The number of nitrogens with one attached hydrogen (secondary N) is 2. The SMILES string of the molecule is C#C.CS(=O)(=O)c1cc2[nH]c3ncc(F)cc3c2cc1F.OC1CCCCNC1. The summed E-state index contributed by atoms with van der Waals surface area (Å²) < 4.78 is 49.8. The van der Waals surface area contributed by atoms with Crippen molar-refractivity contribution in [3.63, 3.8) is 0 Å². The smallest absolute Gasteiger partial charge is 0.178 e. The van der Waals surface area contributed by atoms with E-state index in [1.54, 1.807) is 0 Å². The molecule has 0 amide bonds. The molecule has 0 aliphatic carbocycles. The molecule has 2 aromatic heterocycles. The number of hydrogen-bond donors (Lipinski definition) is 3. The van der Waals surface area contributed by atoms with Crippen molar-refractivity contribution in [3.05, 3.63) is 36.0 Å². The van der Waals surface area contributed by atoms with Gasteiger partial charge in [0.15, 0.2) is 9.84 Å². The Balaban J connectivity index is 0.000000252. The highest BCUT2D eigenvalue weighted by Gasteiger charge is 2.17. The zero-order chi connectivity index (χ0) is 21.6. The number of terminal acetylenes is 1. The van der Waals surface area contributed by atoms with Gasteiger partial charge in [0.1, 0.15) is 22.2 Å². The van der Waals surface area contributed by atoms with Gasteiger partial charge in [-0.2, -0.15) is 0 Å². The number of sulfone groups is 1. The van der Waals surface area contributed by atoms with Gasteiger partial charge in [-0.15, -0.1) is 12.8 Å². The first-order valence-corrected chi connectivity index (χ1v) is 10.8. The van der Waals surface area contributed by atoms with E-state index in [9.17, 15) is 17.2 Å². The summed E-state index contributed by atoms with van der Waals surface area (Å²) in [5.41, 5.74) is 0.774. The molecule has 1 aromatic carbocycles. The summed E-state index contributed by atoms with van der Waals surface area (Å²) >= 11 is 0. The van der Waals surface area contributed by atoms with E-state index in [2.05, 4.69) is 28.1 Å². The van der Waals surface area contributed by atoms with E-state index in [-0.39, 0.29) is 6.10 Å². The number of aromatic amines is 1. The van der Waals surface area contributed by atoms with Crippen LogP contribution in [0, 0.1) is 24.5 Å². The Morgan fingerprint density at radius 1 is 1.17 bits per heavy atom. The minimum atomic E-state index is -3.66. The molecule has 0 saturated carbocycles. The number of nitrogens with zero attached hydrogens (tertiary/aromatic N) is 1. The van der Waals surface area contributed by atoms with Crippen LogP contribution in [0.1, 0.15) is 19.3 Å². The third kappa shape index (κ3) is 5.73. The standard InChI is InChI=1S/C12H8F2N2O2S.C6H13NO.C2H2/c1-19(17,18)11-4-10-7(3-9(11)14)8-2-6(13)5-15-12(8)16-10;8-6-3-1-2-4-7-5-6;1-2/h2-5H,1H3,(H,15,16);6-8H,1-5H2;1-2H. The predicted octanol–water partition coefficient (Wildman–Crippen LogP) is 2.77. The third-order valence-corrected chi connectivity index (χ3v) is 5.50. The number of rotatable bonds is 1. The quantitative estimate of drug-likeness (QED) is 0.523. The van der Waals surface area contributed by atoms with Gasteiger partial charge in [-0.1, -0.05) is 0 Å². The van der Waals surface area contributed by atoms with Crippen molar-refractivity contribution in [1.29, 1.82) is 0 Å². The Bertz CT molecular complexity index is 1100. The molecule has 3 N–H and O–H groups in total. The minimum Gasteiger partial charge on any atom is -0.392 e. The van der Waals surface area contributed by atoms with Crippen molar-refractivity contribution in [3.8, 4) is 12.8 Å². The van der Waals surface area contributed by atoms with Crippen LogP contribution in [0.25, 0.3) is 21.9 Å². The van der Waals surface area contributed by atoms with Crippen LogP contribution >= 0.6 is 0 Å². The van der Waals surface area contributed by atoms with E-state index in [1.807, 2.05) is 0 Å². The number of pyridine rings is 1. The summed E-state index contributed by atoms with van der Waals surface area (Å²) in [5, 5.41) is 13.0. The molecule has 0 spiro atoms. The molecule has 1 fully saturated rings. The number of halogens is 2. The van der Waals surface area contributed by atoms with Crippen LogP contribution < -0.4 is 5.32 Å². The van der Waals surface area contributed by atoms with Crippen molar-refractivity contribution in [2.75, 3.05) is 19.3 Å². The molecule has 1 atom stereocenters. The molecular weight excluding hydrogens is 400 g/mol. The second kappa shape index (κ2) is 9.78. The molecule has 0 bridgehead atoms. The lowest BCUT2D eigenvalue weighted by Gasteiger charge is -2.03. The normalized spacial score (nSPS) is 17.0. The Morgan fingerprint density at radius 2 is 1.90 bits per heavy atom. The molecule has 1 aliphatic heterocycles. The zero-order valence-electron chi connectivity index (χ0n) is 16.0. The van der Waals surface area contributed by atoms with Gasteiger partial charge in [-0.05, 0) is 44.0 Å². The van der Waals surface area contributed by atoms with Crippen molar-refractivity contribution >= 4 is 31.8 Å². The van der Waals surface area contributed by atoms with Gasteiger partial charge in [0, 0.05) is 29.1 Å². The van der Waals surface area contributed by atoms with E-state index in [4.69, 9.17) is 5.11 Å². The van der Waals surface area contributed by atoms with Crippen molar-refractivity contribution in [2.24, 2.45) is 0 Å². The highest BCUT2D eigenvalue weighted by molar-refractivity contribution is 7.90. The van der Waals surface area contributed by atoms with Crippen LogP contribution in [0.4, 0.5) is 8.78 Å². The largest absolute Gasteiger partial charge is 0.392 e. The number of aromatic nitrogens is 2. The van der Waals surface area contributed by atoms with Gasteiger partial charge < -0.3 is 15.4 Å². The number of aliphatic hydroxyl groups excluding tert-OH is 1. The first-order valence-electron chi connectivity index (χ1n) is 8.94. The number of H-pyrrole nitrogens is 1. The van der Waals surface area contributed by atoms with E-state index >= 15 is 0 Å². The maximum absolute atomic E-state index is 13.8. The summed E-state index contributed by atoms with van der Waals surface area (Å²) in [6.45, 7) is 1.87. The Morgan fingerprint density at radius 3 is 2.59 bits per heavy atom. The van der Waals surface area contributed by atoms with Crippen molar-refractivity contribution < 1.29 is 22.3 Å². The monoisotopic (exact) mass is 423 g/mol. The fourth-order valence-corrected chi connectivity index (χ4v) is 3.78. The molecular formula is C20H23F2N3O3S. The van der Waals surface area contributed by atoms with Crippen LogP contribution in [-0.2, 0) is 9.84 Å². The maximum atomic E-state index is 13.8. The lowest BCUT2D eigenvalue weighted by atomic mass is 10.2. The summed E-state index contributed by atoms with van der Waals surface area (Å²) in [4.78, 5) is 6.28. The molecule has 3 heterocycles. The molecule has 1 unspecified atom stereocenters. The molecule has 6 nitrogen and oxygen atoms in total. The summed E-state index contributed by atoms with van der Waals surface area (Å²) in [7, 11) is -3.66. The van der Waals surface area contributed by atoms with E-state index in [0.29, 0.717) is 21.9 Å². The average molecular weight is 423 g/mol. The molecule has 29 heavy (non-hydrogen) atoms. The van der Waals surface area contributed by atoms with Gasteiger partial charge in [0.2, 0.25) is 0 Å². The zero-order valence-corrected chi connectivity index (χ0v) is 16.8. The summed E-state index contributed by atoms with van der Waals surface area (Å²) in [6, 6.07) is 3.49. The van der Waals surface area contributed by atoms with Crippen LogP contribution in [0.15, 0.2) is 29.3 Å². The molecule has 9 heteroatoms. The average Bonchev–Trinajstić information content (AvgIpc) is 2.83. The van der Waals surface area contributed by atoms with Crippen LogP contribution in [0.3, 0.4) is 0 Å². The first-order chi connectivity index (χ1) is 13.8. The van der Waals surface area contributed by atoms with Gasteiger partial charge in [-0.25, -0.2) is 22.2 Å². The predicted molar refractivity (Wildman–Crippen MR) is 109 cm³/mol. The maximum Gasteiger partial charge on any atom is 0.178 e. The van der Waals surface area contributed by atoms with Crippen LogP contribution in [-0.4, -0.2) is 48.9 Å². The van der Waals surface area contributed by atoms with E-state index in [1.165, 1.54) is 25.0 Å². The number of β-amino-alcohol motifs (C(OH)–C–C–N with tert-alkyl or cyclic N) is 1. The second-order valence-corrected chi connectivity index (χ2v) is 8.61. The highest BCUT2D eigenvalue weighted by Crippen LogP contribution is 2.28. The Kier molecular flexibility index (Phi) is 7.67. The molecule has 3 aromatic rings. The molecule has 156 valence electrons. The fourth-order valence-electron chi connectivity index (χ4n) is 3.04. The van der Waals surface area contributed by atoms with Crippen LogP contribution in [0.2, 0.25) is 0 Å². The number of aliphatic hydroxyl groups is 1.